The van der Waals surface area contributed by atoms with E-state index in [0.29, 0.717) is 12.2 Å². The molecule has 6 heteroatoms. The second-order valence-electron chi connectivity index (χ2n) is 4.88. The summed E-state index contributed by atoms with van der Waals surface area (Å²) in [5, 5.41) is 11.5. The van der Waals surface area contributed by atoms with E-state index in [1.165, 1.54) is 0 Å². The highest BCUT2D eigenvalue weighted by Crippen LogP contribution is 2.21. The molecule has 0 aliphatic rings. The zero-order valence-corrected chi connectivity index (χ0v) is 12.4. The standard InChI is InChI=1S/C16H12N4OS/c21-16(15-10-5-1-2-6-11(10)19-20-15)17-9-14-18-12-7-3-4-8-13(12)22-14/h1-8H,9H2,(H,17,21)(H,19,20). The average molecular weight is 308 g/mol. The van der Waals surface area contributed by atoms with Crippen LogP contribution in [0, 0.1) is 0 Å². The van der Waals surface area contributed by atoms with Gasteiger partial charge in [0.25, 0.3) is 5.91 Å². The first kappa shape index (κ1) is 13.0. The molecule has 0 radical (unpaired) electrons. The summed E-state index contributed by atoms with van der Waals surface area (Å²) in [6.45, 7) is 0.402. The van der Waals surface area contributed by atoms with Crippen LogP contribution in [-0.2, 0) is 6.54 Å². The number of H-pyrrole nitrogens is 1. The minimum Gasteiger partial charge on any atom is -0.344 e. The highest BCUT2D eigenvalue weighted by atomic mass is 32.1. The fraction of sp³-hybridized carbons (Fsp3) is 0.0625. The fourth-order valence-electron chi connectivity index (χ4n) is 2.37. The quantitative estimate of drug-likeness (QED) is 0.611. The van der Waals surface area contributed by atoms with Crippen LogP contribution in [0.4, 0.5) is 0 Å². The van der Waals surface area contributed by atoms with Crippen LogP contribution in [0.25, 0.3) is 21.1 Å². The van der Waals surface area contributed by atoms with Crippen molar-refractivity contribution in [3.63, 3.8) is 0 Å². The minimum atomic E-state index is -0.197. The maximum atomic E-state index is 12.3. The van der Waals surface area contributed by atoms with Gasteiger partial charge in [-0.05, 0) is 18.2 Å². The summed E-state index contributed by atoms with van der Waals surface area (Å²) in [7, 11) is 0. The van der Waals surface area contributed by atoms with E-state index < -0.39 is 0 Å². The van der Waals surface area contributed by atoms with Gasteiger partial charge in [0.05, 0.1) is 22.3 Å². The van der Waals surface area contributed by atoms with E-state index in [4.69, 9.17) is 0 Å². The molecule has 0 bridgehead atoms. The fourth-order valence-corrected chi connectivity index (χ4v) is 3.28. The molecule has 0 saturated carbocycles. The summed E-state index contributed by atoms with van der Waals surface area (Å²) < 4.78 is 1.12. The molecular formula is C16H12N4OS. The van der Waals surface area contributed by atoms with Crippen molar-refractivity contribution >= 4 is 38.4 Å². The minimum absolute atomic E-state index is 0.197. The molecule has 2 aromatic carbocycles. The van der Waals surface area contributed by atoms with Gasteiger partial charge < -0.3 is 5.32 Å². The van der Waals surface area contributed by atoms with E-state index >= 15 is 0 Å². The average Bonchev–Trinajstić information content (AvgIpc) is 3.16. The normalized spacial score (nSPS) is 11.1. The Labute approximate surface area is 130 Å². The van der Waals surface area contributed by atoms with Crippen LogP contribution in [0.5, 0.6) is 0 Å². The first-order valence-electron chi connectivity index (χ1n) is 6.87. The smallest absolute Gasteiger partial charge is 0.272 e. The molecule has 0 fully saturated rings. The number of carbonyl (C=O) groups is 1. The molecule has 108 valence electrons. The SMILES string of the molecule is O=C(NCc1nc2ccccc2s1)c1n[nH]c2ccccc12. The zero-order valence-electron chi connectivity index (χ0n) is 11.5. The number of nitrogens with zero attached hydrogens (tertiary/aromatic N) is 2. The Morgan fingerprint density at radius 3 is 2.86 bits per heavy atom. The second kappa shape index (κ2) is 5.23. The third kappa shape index (κ3) is 2.23. The summed E-state index contributed by atoms with van der Waals surface area (Å²) >= 11 is 1.59. The number of rotatable bonds is 3. The third-order valence-electron chi connectivity index (χ3n) is 3.42. The van der Waals surface area contributed by atoms with Crippen LogP contribution in [0.1, 0.15) is 15.5 Å². The second-order valence-corrected chi connectivity index (χ2v) is 5.99. The number of nitrogens with one attached hydrogen (secondary N) is 2. The predicted octanol–water partition coefficient (Wildman–Crippen LogP) is 3.10. The molecule has 0 spiro atoms. The maximum Gasteiger partial charge on any atom is 0.272 e. The van der Waals surface area contributed by atoms with Gasteiger partial charge in [0.1, 0.15) is 5.01 Å². The number of amides is 1. The van der Waals surface area contributed by atoms with E-state index in [2.05, 4.69) is 20.5 Å². The van der Waals surface area contributed by atoms with E-state index in [0.717, 1.165) is 26.1 Å². The third-order valence-corrected chi connectivity index (χ3v) is 4.46. The Balaban J connectivity index is 1.54. The Morgan fingerprint density at radius 2 is 1.95 bits per heavy atom. The first-order valence-corrected chi connectivity index (χ1v) is 7.69. The van der Waals surface area contributed by atoms with Crippen LogP contribution in [0.3, 0.4) is 0 Å². The largest absolute Gasteiger partial charge is 0.344 e. The van der Waals surface area contributed by atoms with Crippen molar-refractivity contribution in [1.29, 1.82) is 0 Å². The van der Waals surface area contributed by atoms with E-state index in [1.807, 2.05) is 48.5 Å². The Kier molecular flexibility index (Phi) is 3.08. The number of hydrogen-bond acceptors (Lipinski definition) is 4. The molecule has 22 heavy (non-hydrogen) atoms. The highest BCUT2D eigenvalue weighted by molar-refractivity contribution is 7.18. The van der Waals surface area contributed by atoms with Crippen LogP contribution in [0.2, 0.25) is 0 Å². The Morgan fingerprint density at radius 1 is 1.14 bits per heavy atom. The van der Waals surface area contributed by atoms with Crippen molar-refractivity contribution in [3.8, 4) is 0 Å². The lowest BCUT2D eigenvalue weighted by Crippen LogP contribution is -2.23. The van der Waals surface area contributed by atoms with Crippen molar-refractivity contribution in [2.75, 3.05) is 0 Å². The van der Waals surface area contributed by atoms with Crippen molar-refractivity contribution in [1.82, 2.24) is 20.5 Å². The Hall–Kier alpha value is -2.73. The number of hydrogen-bond donors (Lipinski definition) is 2. The van der Waals surface area contributed by atoms with E-state index in [-0.39, 0.29) is 5.91 Å². The lowest BCUT2D eigenvalue weighted by atomic mass is 10.2. The number of fused-ring (bicyclic) bond motifs is 2. The van der Waals surface area contributed by atoms with Crippen LogP contribution in [-0.4, -0.2) is 21.1 Å². The molecule has 0 atom stereocenters. The lowest BCUT2D eigenvalue weighted by molar-refractivity contribution is 0.0947. The summed E-state index contributed by atoms with van der Waals surface area (Å²) in [4.78, 5) is 16.8. The molecule has 2 N–H and O–H groups in total. The monoisotopic (exact) mass is 308 g/mol. The molecule has 0 aliphatic heterocycles. The van der Waals surface area contributed by atoms with Gasteiger partial charge in [-0.3, -0.25) is 9.89 Å². The molecule has 0 aliphatic carbocycles. The predicted molar refractivity (Wildman–Crippen MR) is 86.9 cm³/mol. The summed E-state index contributed by atoms with van der Waals surface area (Å²) in [6.07, 6.45) is 0. The van der Waals surface area contributed by atoms with Gasteiger partial charge in [0.15, 0.2) is 5.69 Å². The number of benzene rings is 2. The molecule has 0 unspecified atom stereocenters. The summed E-state index contributed by atoms with van der Waals surface area (Å²) in [5.41, 5.74) is 2.23. The van der Waals surface area contributed by atoms with E-state index in [1.54, 1.807) is 11.3 Å². The molecule has 1 amide bonds. The van der Waals surface area contributed by atoms with Crippen LogP contribution < -0.4 is 5.32 Å². The first-order chi connectivity index (χ1) is 10.8. The van der Waals surface area contributed by atoms with E-state index in [9.17, 15) is 4.79 Å². The van der Waals surface area contributed by atoms with Crippen molar-refractivity contribution < 1.29 is 4.79 Å². The van der Waals surface area contributed by atoms with Gasteiger partial charge in [-0.2, -0.15) is 5.10 Å². The number of carbonyl (C=O) groups excluding carboxylic acids is 1. The van der Waals surface area contributed by atoms with Gasteiger partial charge in [-0.25, -0.2) is 4.98 Å². The van der Waals surface area contributed by atoms with Crippen molar-refractivity contribution in [2.45, 2.75) is 6.54 Å². The van der Waals surface area contributed by atoms with Gasteiger partial charge in [0.2, 0.25) is 0 Å². The number of aromatic nitrogens is 3. The summed E-state index contributed by atoms with van der Waals surface area (Å²) in [6, 6.07) is 15.5. The summed E-state index contributed by atoms with van der Waals surface area (Å²) in [5.74, 6) is -0.197. The maximum absolute atomic E-state index is 12.3. The van der Waals surface area contributed by atoms with Crippen molar-refractivity contribution in [2.24, 2.45) is 0 Å². The molecule has 5 nitrogen and oxygen atoms in total. The van der Waals surface area contributed by atoms with Gasteiger partial charge in [-0.15, -0.1) is 11.3 Å². The number of thiazole rings is 1. The van der Waals surface area contributed by atoms with Crippen LogP contribution in [0.15, 0.2) is 48.5 Å². The van der Waals surface area contributed by atoms with Gasteiger partial charge in [-0.1, -0.05) is 30.3 Å². The van der Waals surface area contributed by atoms with Gasteiger partial charge >= 0.3 is 0 Å². The van der Waals surface area contributed by atoms with Gasteiger partial charge in [0, 0.05) is 5.39 Å². The number of aromatic amines is 1. The molecular weight excluding hydrogens is 296 g/mol. The molecule has 2 heterocycles. The molecule has 4 aromatic rings. The topological polar surface area (TPSA) is 70.7 Å². The molecule has 4 rings (SSSR count). The lowest BCUT2D eigenvalue weighted by Gasteiger charge is -2.00. The van der Waals surface area contributed by atoms with Crippen molar-refractivity contribution in [3.05, 3.63) is 59.2 Å². The Bertz CT molecular complexity index is 939. The number of para-hydroxylation sites is 2. The molecule has 0 saturated heterocycles. The zero-order chi connectivity index (χ0) is 14.9. The molecule has 2 aromatic heterocycles. The highest BCUT2D eigenvalue weighted by Gasteiger charge is 2.14. The van der Waals surface area contributed by atoms with Crippen LogP contribution >= 0.6 is 11.3 Å².